The number of rotatable bonds is 31. The molecule has 0 saturated carbocycles. The first-order valence-electron chi connectivity index (χ1n) is 18.0. The van der Waals surface area contributed by atoms with E-state index >= 15 is 0 Å². The summed E-state index contributed by atoms with van der Waals surface area (Å²) in [5, 5.41) is 0. The van der Waals surface area contributed by atoms with Gasteiger partial charge in [0.2, 0.25) is 0 Å². The van der Waals surface area contributed by atoms with E-state index in [9.17, 15) is 0 Å². The lowest BCUT2D eigenvalue weighted by atomic mass is 10.0. The molecule has 0 aliphatic heterocycles. The Kier molecular flexibility index (Phi) is 38.1. The van der Waals surface area contributed by atoms with Crippen molar-refractivity contribution in [1.29, 1.82) is 0 Å². The summed E-state index contributed by atoms with van der Waals surface area (Å²) in [6.07, 6.45) is 37.6. The fourth-order valence-corrected chi connectivity index (χ4v) is 6.06. The first-order chi connectivity index (χ1) is 18.3. The Bertz CT molecular complexity index is 426. The topological polar surface area (TPSA) is 0 Å². The summed E-state index contributed by atoms with van der Waals surface area (Å²) in [5.74, 6) is 0. The molecule has 0 spiro atoms. The molecule has 0 bridgehead atoms. The third kappa shape index (κ3) is 35.6. The lowest BCUT2D eigenvalue weighted by Gasteiger charge is -2.32. The molecule has 0 radical (unpaired) electrons. The highest BCUT2D eigenvalue weighted by atomic mass is 127. The van der Waals surface area contributed by atoms with Gasteiger partial charge in [0.05, 0.1) is 54.4 Å². The normalized spacial score (nSPS) is 11.8. The quantitative estimate of drug-likeness (QED) is 0.0507. The summed E-state index contributed by atoms with van der Waals surface area (Å²) < 4.78 is 2.45. The summed E-state index contributed by atoms with van der Waals surface area (Å²) in [6.45, 7) is 10.1. The van der Waals surface area contributed by atoms with Crippen LogP contribution in [-0.2, 0) is 0 Å². The number of hydrogen-bond donors (Lipinski definition) is 0. The van der Waals surface area contributed by atoms with Crippen LogP contribution in [0.3, 0.4) is 0 Å². The second kappa shape index (κ2) is 33.3. The summed E-state index contributed by atoms with van der Waals surface area (Å²) in [4.78, 5) is 0. The predicted octanol–water partition coefficient (Wildman–Crippen LogP) is 5.33. The van der Waals surface area contributed by atoms with Gasteiger partial charge in [-0.25, -0.2) is 0 Å². The van der Waals surface area contributed by atoms with E-state index in [1.54, 1.807) is 0 Å². The van der Waals surface area contributed by atoms with E-state index in [1.165, 1.54) is 202 Å². The second-order valence-corrected chi connectivity index (χ2v) is 14.3. The molecular formula is C36H78I2N2. The Morgan fingerprint density at radius 2 is 0.400 bits per heavy atom. The first-order valence-corrected chi connectivity index (χ1v) is 18.0. The van der Waals surface area contributed by atoms with Crippen molar-refractivity contribution >= 4 is 0 Å². The van der Waals surface area contributed by atoms with Crippen LogP contribution >= 0.6 is 0 Å². The lowest BCUT2D eigenvalue weighted by Crippen LogP contribution is -3.00. The van der Waals surface area contributed by atoms with Gasteiger partial charge in [0, 0.05) is 12.8 Å². The Morgan fingerprint density at radius 3 is 0.600 bits per heavy atom. The summed E-state index contributed by atoms with van der Waals surface area (Å²) >= 11 is 0. The Balaban J connectivity index is -0.00000684. The van der Waals surface area contributed by atoms with Crippen molar-refractivity contribution in [3.05, 3.63) is 0 Å². The van der Waals surface area contributed by atoms with E-state index in [4.69, 9.17) is 0 Å². The van der Waals surface area contributed by atoms with Gasteiger partial charge in [0.25, 0.3) is 0 Å². The summed E-state index contributed by atoms with van der Waals surface area (Å²) in [6, 6.07) is 0. The van der Waals surface area contributed by atoms with Crippen LogP contribution in [0, 0.1) is 0 Å². The molecule has 0 aliphatic carbocycles. The zero-order valence-electron chi connectivity index (χ0n) is 28.9. The molecule has 2 nitrogen and oxygen atoms in total. The minimum atomic E-state index is 0. The predicted molar refractivity (Wildman–Crippen MR) is 175 cm³/mol. The van der Waals surface area contributed by atoms with Crippen LogP contribution in [0.1, 0.15) is 181 Å². The zero-order chi connectivity index (χ0) is 28.2. The van der Waals surface area contributed by atoms with Gasteiger partial charge in [-0.1, -0.05) is 142 Å². The summed E-state index contributed by atoms with van der Waals surface area (Å²) in [5.41, 5.74) is 0. The van der Waals surface area contributed by atoms with Crippen molar-refractivity contribution in [2.75, 3.05) is 54.4 Å². The maximum Gasteiger partial charge on any atom is 0.0784 e. The SMILES string of the molecule is CCCCCCCCCCCCCC[N+](C)(C)CCCC[N+](C)(C)CCCCCCCCCCCCCC.[I-].[I-]. The van der Waals surface area contributed by atoms with E-state index in [2.05, 4.69) is 42.0 Å². The molecule has 0 aromatic carbocycles. The number of nitrogens with zero attached hydrogens (tertiary/aromatic N) is 2. The fraction of sp³-hybridized carbons (Fsp3) is 1.00. The second-order valence-electron chi connectivity index (χ2n) is 14.3. The van der Waals surface area contributed by atoms with E-state index in [0.717, 1.165) is 0 Å². The third-order valence-electron chi connectivity index (χ3n) is 9.01. The van der Waals surface area contributed by atoms with Crippen LogP contribution in [0.4, 0.5) is 0 Å². The minimum Gasteiger partial charge on any atom is -1.00 e. The highest BCUT2D eigenvalue weighted by Gasteiger charge is 2.17. The molecule has 0 aromatic rings. The van der Waals surface area contributed by atoms with E-state index in [1.807, 2.05) is 0 Å². The van der Waals surface area contributed by atoms with Gasteiger partial charge in [-0.3, -0.25) is 0 Å². The lowest BCUT2D eigenvalue weighted by molar-refractivity contribution is -0.897. The third-order valence-corrected chi connectivity index (χ3v) is 9.01. The van der Waals surface area contributed by atoms with Gasteiger partial charge in [0.1, 0.15) is 0 Å². The molecule has 0 heterocycles. The Hall–Kier alpha value is 1.38. The average molecular weight is 793 g/mol. The molecule has 246 valence electrons. The van der Waals surface area contributed by atoms with Crippen LogP contribution in [0.15, 0.2) is 0 Å². The maximum atomic E-state index is 2.46. The zero-order valence-corrected chi connectivity index (χ0v) is 33.2. The first kappa shape index (κ1) is 45.8. The minimum absolute atomic E-state index is 0. The molecule has 0 saturated heterocycles. The van der Waals surface area contributed by atoms with Crippen molar-refractivity contribution in [3.63, 3.8) is 0 Å². The van der Waals surface area contributed by atoms with Gasteiger partial charge in [-0.15, -0.1) is 0 Å². The molecule has 0 N–H and O–H groups in total. The monoisotopic (exact) mass is 792 g/mol. The van der Waals surface area contributed by atoms with Crippen LogP contribution in [0.2, 0.25) is 0 Å². The van der Waals surface area contributed by atoms with Crippen molar-refractivity contribution in [2.45, 2.75) is 181 Å². The van der Waals surface area contributed by atoms with E-state index in [0.29, 0.717) is 0 Å². The van der Waals surface area contributed by atoms with Gasteiger partial charge in [-0.05, 0) is 25.7 Å². The van der Waals surface area contributed by atoms with Crippen molar-refractivity contribution in [3.8, 4) is 0 Å². The highest BCUT2D eigenvalue weighted by Crippen LogP contribution is 2.15. The standard InChI is InChI=1S/C36H78N2.2HI/c1-7-9-11-13-15-17-19-21-23-25-27-29-33-37(3,4)35-31-32-36-38(5,6)34-30-28-26-24-22-20-18-16-14-12-10-8-2;;/h7-36H2,1-6H3;2*1H/q+2;;/p-2. The smallest absolute Gasteiger partial charge is 0.0784 e. The van der Waals surface area contributed by atoms with Gasteiger partial charge in [0.15, 0.2) is 0 Å². The van der Waals surface area contributed by atoms with Gasteiger partial charge >= 0.3 is 0 Å². The largest absolute Gasteiger partial charge is 1.00 e. The molecule has 4 heteroatoms. The number of hydrogen-bond acceptors (Lipinski definition) is 0. The maximum absolute atomic E-state index is 2.46. The fourth-order valence-electron chi connectivity index (χ4n) is 6.06. The van der Waals surface area contributed by atoms with E-state index in [-0.39, 0.29) is 48.0 Å². The highest BCUT2D eigenvalue weighted by molar-refractivity contribution is 4.51. The van der Waals surface area contributed by atoms with Crippen LogP contribution in [0.25, 0.3) is 0 Å². The van der Waals surface area contributed by atoms with Gasteiger partial charge < -0.3 is 56.9 Å². The molecule has 40 heavy (non-hydrogen) atoms. The van der Waals surface area contributed by atoms with Crippen molar-refractivity contribution < 1.29 is 56.9 Å². The van der Waals surface area contributed by atoms with Crippen molar-refractivity contribution in [1.82, 2.24) is 0 Å². The van der Waals surface area contributed by atoms with Crippen LogP contribution in [-0.4, -0.2) is 63.3 Å². The molecule has 0 atom stereocenters. The molecule has 0 aromatic heterocycles. The number of unbranched alkanes of at least 4 members (excludes halogenated alkanes) is 23. The molecule has 0 amide bonds. The van der Waals surface area contributed by atoms with Crippen LogP contribution < -0.4 is 48.0 Å². The van der Waals surface area contributed by atoms with Crippen molar-refractivity contribution in [2.24, 2.45) is 0 Å². The average Bonchev–Trinajstić information content (AvgIpc) is 2.88. The van der Waals surface area contributed by atoms with E-state index < -0.39 is 0 Å². The number of quaternary nitrogens is 2. The van der Waals surface area contributed by atoms with Gasteiger partial charge in [-0.2, -0.15) is 0 Å². The number of halogens is 2. The summed E-state index contributed by atoms with van der Waals surface area (Å²) in [7, 11) is 9.85. The Labute approximate surface area is 290 Å². The molecule has 0 rings (SSSR count). The van der Waals surface area contributed by atoms with Crippen LogP contribution in [0.5, 0.6) is 0 Å². The molecule has 0 aliphatic rings. The molecule has 0 unspecified atom stereocenters. The Morgan fingerprint density at radius 1 is 0.250 bits per heavy atom. The molecule has 0 fully saturated rings. The molecular weight excluding hydrogens is 714 g/mol.